The van der Waals surface area contributed by atoms with Gasteiger partial charge in [-0.05, 0) is 19.4 Å². The van der Waals surface area contributed by atoms with E-state index in [0.717, 1.165) is 34.9 Å². The molecule has 0 aliphatic carbocycles. The summed E-state index contributed by atoms with van der Waals surface area (Å²) in [6, 6.07) is 7.86. The molecule has 0 amide bonds. The Morgan fingerprint density at radius 2 is 2.11 bits per heavy atom. The van der Waals surface area contributed by atoms with E-state index in [4.69, 9.17) is 0 Å². The minimum Gasteiger partial charge on any atom is -0.320 e. The third-order valence-corrected chi connectivity index (χ3v) is 3.30. The molecule has 18 heavy (non-hydrogen) atoms. The Labute approximate surface area is 104 Å². The standard InChI is InChI=1S/C14H15N3O/c1-3-8-17-9(2)12-10-6-4-5-7-11(10)15-14(18)13(12)16-17/h4-7H,3,8H2,1-2H3,(H,15,18). The Morgan fingerprint density at radius 1 is 1.33 bits per heavy atom. The molecule has 3 aromatic rings. The van der Waals surface area contributed by atoms with Crippen LogP contribution in [0.1, 0.15) is 19.0 Å². The zero-order valence-corrected chi connectivity index (χ0v) is 10.5. The molecule has 0 aliphatic heterocycles. The second-order valence-electron chi connectivity index (χ2n) is 4.53. The normalized spacial score (nSPS) is 11.4. The molecule has 0 saturated carbocycles. The monoisotopic (exact) mass is 241 g/mol. The number of H-pyrrole nitrogens is 1. The lowest BCUT2D eigenvalue weighted by Gasteiger charge is -2.01. The van der Waals surface area contributed by atoms with Crippen molar-refractivity contribution in [3.8, 4) is 0 Å². The van der Waals surface area contributed by atoms with Gasteiger partial charge in [0.25, 0.3) is 5.56 Å². The minimum absolute atomic E-state index is 0.110. The maximum absolute atomic E-state index is 12.0. The van der Waals surface area contributed by atoms with Gasteiger partial charge in [-0.2, -0.15) is 5.10 Å². The van der Waals surface area contributed by atoms with Crippen LogP contribution in [0, 0.1) is 6.92 Å². The lowest BCUT2D eigenvalue weighted by molar-refractivity contribution is 0.593. The smallest absolute Gasteiger partial charge is 0.276 e. The highest BCUT2D eigenvalue weighted by molar-refractivity contribution is 6.05. The molecule has 0 aliphatic rings. The molecule has 1 N–H and O–H groups in total. The molecule has 92 valence electrons. The van der Waals surface area contributed by atoms with E-state index in [-0.39, 0.29) is 5.56 Å². The van der Waals surface area contributed by atoms with E-state index in [1.54, 1.807) is 0 Å². The van der Waals surface area contributed by atoms with E-state index in [2.05, 4.69) is 17.0 Å². The van der Waals surface area contributed by atoms with Gasteiger partial charge in [0.1, 0.15) is 0 Å². The molecule has 2 heterocycles. The molecule has 2 aromatic heterocycles. The largest absolute Gasteiger partial charge is 0.320 e. The number of aryl methyl sites for hydroxylation is 2. The van der Waals surface area contributed by atoms with Gasteiger partial charge < -0.3 is 4.98 Å². The lowest BCUT2D eigenvalue weighted by atomic mass is 10.1. The van der Waals surface area contributed by atoms with Gasteiger partial charge in [-0.15, -0.1) is 0 Å². The second kappa shape index (κ2) is 3.98. The van der Waals surface area contributed by atoms with Crippen LogP contribution in [0.3, 0.4) is 0 Å². The second-order valence-corrected chi connectivity index (χ2v) is 4.53. The van der Waals surface area contributed by atoms with Crippen LogP contribution in [-0.4, -0.2) is 14.8 Å². The third-order valence-electron chi connectivity index (χ3n) is 3.30. The van der Waals surface area contributed by atoms with Crippen molar-refractivity contribution in [3.05, 3.63) is 40.3 Å². The van der Waals surface area contributed by atoms with Crippen LogP contribution in [0.25, 0.3) is 21.8 Å². The molecular weight excluding hydrogens is 226 g/mol. The molecule has 0 radical (unpaired) electrons. The van der Waals surface area contributed by atoms with Crippen LogP contribution in [-0.2, 0) is 6.54 Å². The van der Waals surface area contributed by atoms with Crippen molar-refractivity contribution in [2.24, 2.45) is 0 Å². The number of para-hydroxylation sites is 1. The zero-order valence-electron chi connectivity index (χ0n) is 10.5. The van der Waals surface area contributed by atoms with E-state index in [9.17, 15) is 4.79 Å². The predicted octanol–water partition coefficient (Wildman–Crippen LogP) is 2.60. The van der Waals surface area contributed by atoms with Crippen LogP contribution in [0.15, 0.2) is 29.1 Å². The summed E-state index contributed by atoms with van der Waals surface area (Å²) in [5.74, 6) is 0. The van der Waals surface area contributed by atoms with Gasteiger partial charge in [-0.25, -0.2) is 0 Å². The van der Waals surface area contributed by atoms with E-state index in [0.29, 0.717) is 5.52 Å². The van der Waals surface area contributed by atoms with Gasteiger partial charge in [0, 0.05) is 28.5 Å². The average molecular weight is 241 g/mol. The van der Waals surface area contributed by atoms with Crippen molar-refractivity contribution in [2.45, 2.75) is 26.8 Å². The Morgan fingerprint density at radius 3 is 2.89 bits per heavy atom. The number of nitrogens with zero attached hydrogens (tertiary/aromatic N) is 2. The highest BCUT2D eigenvalue weighted by Gasteiger charge is 2.13. The van der Waals surface area contributed by atoms with Crippen molar-refractivity contribution in [3.63, 3.8) is 0 Å². The van der Waals surface area contributed by atoms with Gasteiger partial charge >= 0.3 is 0 Å². The van der Waals surface area contributed by atoms with E-state index < -0.39 is 0 Å². The molecule has 3 rings (SSSR count). The first kappa shape index (κ1) is 11.0. The van der Waals surface area contributed by atoms with Gasteiger partial charge in [0.2, 0.25) is 0 Å². The summed E-state index contributed by atoms with van der Waals surface area (Å²) in [6.45, 7) is 4.97. The number of rotatable bonds is 2. The van der Waals surface area contributed by atoms with E-state index in [1.165, 1.54) is 0 Å². The fourth-order valence-electron chi connectivity index (χ4n) is 2.45. The van der Waals surface area contributed by atoms with Crippen LogP contribution < -0.4 is 5.56 Å². The molecule has 1 aromatic carbocycles. The molecular formula is C14H15N3O. The minimum atomic E-state index is -0.110. The summed E-state index contributed by atoms with van der Waals surface area (Å²) in [7, 11) is 0. The number of hydrogen-bond acceptors (Lipinski definition) is 2. The first-order valence-electron chi connectivity index (χ1n) is 6.20. The van der Waals surface area contributed by atoms with Gasteiger partial charge in [-0.1, -0.05) is 25.1 Å². The molecule has 0 spiro atoms. The molecule has 0 unspecified atom stereocenters. The SMILES string of the molecule is CCCn1nc2c(=O)[nH]c3ccccc3c2c1C. The third kappa shape index (κ3) is 1.45. The highest BCUT2D eigenvalue weighted by atomic mass is 16.1. The highest BCUT2D eigenvalue weighted by Crippen LogP contribution is 2.23. The Hall–Kier alpha value is -2.10. The van der Waals surface area contributed by atoms with Gasteiger partial charge in [0.15, 0.2) is 5.52 Å². The van der Waals surface area contributed by atoms with Crippen molar-refractivity contribution in [2.75, 3.05) is 0 Å². The summed E-state index contributed by atoms with van der Waals surface area (Å²) in [5, 5.41) is 6.46. The van der Waals surface area contributed by atoms with Crippen molar-refractivity contribution in [1.29, 1.82) is 0 Å². The lowest BCUT2D eigenvalue weighted by Crippen LogP contribution is -2.07. The Bertz CT molecular complexity index is 783. The zero-order chi connectivity index (χ0) is 12.7. The van der Waals surface area contributed by atoms with Crippen molar-refractivity contribution < 1.29 is 0 Å². The summed E-state index contributed by atoms with van der Waals surface area (Å²) >= 11 is 0. The molecule has 0 saturated heterocycles. The van der Waals surface area contributed by atoms with Gasteiger partial charge in [-0.3, -0.25) is 9.48 Å². The Kier molecular flexibility index (Phi) is 2.44. The summed E-state index contributed by atoms with van der Waals surface area (Å²) in [6.07, 6.45) is 1.00. The number of fused-ring (bicyclic) bond motifs is 3. The maximum atomic E-state index is 12.0. The first-order chi connectivity index (χ1) is 8.72. The van der Waals surface area contributed by atoms with E-state index >= 15 is 0 Å². The number of nitrogens with one attached hydrogen (secondary N) is 1. The summed E-state index contributed by atoms with van der Waals surface area (Å²) in [5.41, 5.74) is 2.37. The van der Waals surface area contributed by atoms with Crippen molar-refractivity contribution >= 4 is 21.8 Å². The number of hydrogen-bond donors (Lipinski definition) is 1. The quantitative estimate of drug-likeness (QED) is 0.749. The number of aromatic nitrogens is 3. The molecule has 4 nitrogen and oxygen atoms in total. The first-order valence-corrected chi connectivity index (χ1v) is 6.20. The average Bonchev–Trinajstić information content (AvgIpc) is 2.69. The fourth-order valence-corrected chi connectivity index (χ4v) is 2.45. The summed E-state index contributed by atoms with van der Waals surface area (Å²) in [4.78, 5) is 14.9. The van der Waals surface area contributed by atoms with Gasteiger partial charge in [0.05, 0.1) is 0 Å². The number of pyridine rings is 1. The van der Waals surface area contributed by atoms with Crippen LogP contribution in [0.5, 0.6) is 0 Å². The molecule has 4 heteroatoms. The fraction of sp³-hybridized carbons (Fsp3) is 0.286. The number of aromatic amines is 1. The van der Waals surface area contributed by atoms with Crippen molar-refractivity contribution in [1.82, 2.24) is 14.8 Å². The molecule has 0 fully saturated rings. The van der Waals surface area contributed by atoms with Crippen LogP contribution >= 0.6 is 0 Å². The van der Waals surface area contributed by atoms with Crippen LogP contribution in [0.2, 0.25) is 0 Å². The maximum Gasteiger partial charge on any atom is 0.276 e. The predicted molar refractivity (Wildman–Crippen MR) is 72.9 cm³/mol. The summed E-state index contributed by atoms with van der Waals surface area (Å²) < 4.78 is 1.92. The number of benzene rings is 1. The molecule has 0 atom stereocenters. The topological polar surface area (TPSA) is 50.7 Å². The van der Waals surface area contributed by atoms with Crippen LogP contribution in [0.4, 0.5) is 0 Å². The Balaban J connectivity index is 2.51. The van der Waals surface area contributed by atoms with E-state index in [1.807, 2.05) is 35.9 Å². The molecule has 0 bridgehead atoms.